The Bertz CT molecular complexity index is 512. The minimum atomic E-state index is 0.656. The monoisotopic (exact) mass is 287 g/mol. The van der Waals surface area contributed by atoms with Crippen LogP contribution in [0.5, 0.6) is 0 Å². The van der Waals surface area contributed by atoms with Gasteiger partial charge in [-0.05, 0) is 56.4 Å². The van der Waals surface area contributed by atoms with Crippen molar-refractivity contribution in [2.24, 2.45) is 17.8 Å². The number of nitrogens with zero attached hydrogens (tertiary/aromatic N) is 3. The maximum Gasteiger partial charge on any atom is 0.244 e. The summed E-state index contributed by atoms with van der Waals surface area (Å²) in [6.07, 6.45) is 8.30. The SMILES string of the molecule is C1CNC2CN(c3n[nH]c(C4CC5CCC4C5)n3)CC2C1. The van der Waals surface area contributed by atoms with Gasteiger partial charge in [-0.3, -0.25) is 5.10 Å². The van der Waals surface area contributed by atoms with Crippen LogP contribution in [0.4, 0.5) is 5.95 Å². The molecule has 5 unspecified atom stereocenters. The zero-order chi connectivity index (χ0) is 13.8. The van der Waals surface area contributed by atoms with Crippen LogP contribution in [0.15, 0.2) is 0 Å². The van der Waals surface area contributed by atoms with Crippen LogP contribution in [0.2, 0.25) is 0 Å². The summed E-state index contributed by atoms with van der Waals surface area (Å²) in [5.74, 6) is 5.41. The summed E-state index contributed by atoms with van der Waals surface area (Å²) in [6, 6.07) is 0.656. The summed E-state index contributed by atoms with van der Waals surface area (Å²) in [5, 5.41) is 11.5. The van der Waals surface area contributed by atoms with E-state index in [-0.39, 0.29) is 0 Å². The summed E-state index contributed by atoms with van der Waals surface area (Å²) in [7, 11) is 0. The Hall–Kier alpha value is -1.10. The molecule has 2 saturated carbocycles. The fraction of sp³-hybridized carbons (Fsp3) is 0.875. The smallest absolute Gasteiger partial charge is 0.244 e. The highest BCUT2D eigenvalue weighted by Crippen LogP contribution is 2.52. The summed E-state index contributed by atoms with van der Waals surface area (Å²) < 4.78 is 0. The number of H-pyrrole nitrogens is 1. The first kappa shape index (κ1) is 12.4. The Morgan fingerprint density at radius 3 is 2.86 bits per heavy atom. The normalized spacial score (nSPS) is 41.7. The Morgan fingerprint density at radius 2 is 2.05 bits per heavy atom. The van der Waals surface area contributed by atoms with Crippen molar-refractivity contribution in [2.45, 2.75) is 50.5 Å². The molecular weight excluding hydrogens is 262 g/mol. The van der Waals surface area contributed by atoms with Gasteiger partial charge in [0.1, 0.15) is 5.82 Å². The molecular formula is C16H25N5. The molecule has 1 aromatic rings. The van der Waals surface area contributed by atoms with E-state index in [0.29, 0.717) is 12.0 Å². The second-order valence-electron chi connectivity index (χ2n) is 7.67. The third kappa shape index (κ3) is 2.00. The zero-order valence-electron chi connectivity index (χ0n) is 12.6. The minimum absolute atomic E-state index is 0.656. The van der Waals surface area contributed by atoms with Crippen LogP contribution < -0.4 is 10.2 Å². The van der Waals surface area contributed by atoms with Gasteiger partial charge in [-0.1, -0.05) is 6.42 Å². The highest BCUT2D eigenvalue weighted by molar-refractivity contribution is 5.33. The number of anilines is 1. The maximum absolute atomic E-state index is 4.88. The highest BCUT2D eigenvalue weighted by Gasteiger charge is 2.42. The van der Waals surface area contributed by atoms with Gasteiger partial charge in [0.05, 0.1) is 0 Å². The van der Waals surface area contributed by atoms with Crippen molar-refractivity contribution < 1.29 is 0 Å². The van der Waals surface area contributed by atoms with Gasteiger partial charge >= 0.3 is 0 Å². The number of aromatic nitrogens is 3. The fourth-order valence-corrected chi connectivity index (χ4v) is 5.36. The Kier molecular flexibility index (Phi) is 2.78. The van der Waals surface area contributed by atoms with E-state index in [1.807, 2.05) is 0 Å². The van der Waals surface area contributed by atoms with Crippen molar-refractivity contribution in [3.63, 3.8) is 0 Å². The average molecular weight is 287 g/mol. The van der Waals surface area contributed by atoms with E-state index in [2.05, 4.69) is 20.4 Å². The third-order valence-electron chi connectivity index (χ3n) is 6.46. The lowest BCUT2D eigenvalue weighted by molar-refractivity contribution is 0.340. The predicted molar refractivity (Wildman–Crippen MR) is 81.3 cm³/mol. The highest BCUT2D eigenvalue weighted by atomic mass is 15.4. The van der Waals surface area contributed by atoms with Crippen LogP contribution in [-0.2, 0) is 0 Å². The molecule has 4 aliphatic rings. The molecule has 0 aromatic carbocycles. The largest absolute Gasteiger partial charge is 0.338 e. The topological polar surface area (TPSA) is 56.8 Å². The molecule has 21 heavy (non-hydrogen) atoms. The van der Waals surface area contributed by atoms with Crippen molar-refractivity contribution in [3.05, 3.63) is 5.82 Å². The van der Waals surface area contributed by atoms with Crippen LogP contribution in [0, 0.1) is 17.8 Å². The Morgan fingerprint density at radius 1 is 1.05 bits per heavy atom. The van der Waals surface area contributed by atoms with Gasteiger partial charge in [0.2, 0.25) is 5.95 Å². The van der Waals surface area contributed by atoms with Gasteiger partial charge in [0.15, 0.2) is 0 Å². The van der Waals surface area contributed by atoms with Crippen molar-refractivity contribution in [1.29, 1.82) is 0 Å². The number of fused-ring (bicyclic) bond motifs is 3. The molecule has 0 radical (unpaired) electrons. The lowest BCUT2D eigenvalue weighted by Crippen LogP contribution is -2.40. The zero-order valence-corrected chi connectivity index (χ0v) is 12.6. The summed E-state index contributed by atoms with van der Waals surface area (Å²) in [4.78, 5) is 7.27. The summed E-state index contributed by atoms with van der Waals surface area (Å²) >= 11 is 0. The van der Waals surface area contributed by atoms with Gasteiger partial charge in [-0.2, -0.15) is 4.98 Å². The van der Waals surface area contributed by atoms with E-state index in [0.717, 1.165) is 36.8 Å². The lowest BCUT2D eigenvalue weighted by atomic mass is 9.88. The summed E-state index contributed by atoms with van der Waals surface area (Å²) in [5.41, 5.74) is 0. The van der Waals surface area contributed by atoms with Crippen LogP contribution in [0.3, 0.4) is 0 Å². The van der Waals surface area contributed by atoms with E-state index < -0.39 is 0 Å². The molecule has 0 spiro atoms. The first-order chi connectivity index (χ1) is 10.4. The molecule has 5 rings (SSSR count). The number of nitrogens with one attached hydrogen (secondary N) is 2. The van der Waals surface area contributed by atoms with Gasteiger partial charge in [-0.15, -0.1) is 5.10 Å². The molecule has 0 amide bonds. The summed E-state index contributed by atoms with van der Waals surface area (Å²) in [6.45, 7) is 3.39. The van der Waals surface area contributed by atoms with Crippen LogP contribution in [0.1, 0.15) is 50.3 Å². The Labute approximate surface area is 125 Å². The van der Waals surface area contributed by atoms with Crippen molar-refractivity contribution >= 4 is 5.95 Å². The molecule has 114 valence electrons. The number of rotatable bonds is 2. The number of aromatic amines is 1. The van der Waals surface area contributed by atoms with Gasteiger partial charge in [0.25, 0.3) is 0 Å². The van der Waals surface area contributed by atoms with Crippen molar-refractivity contribution in [2.75, 3.05) is 24.5 Å². The standard InChI is InChI=1S/C16H25N5/c1-2-12-8-21(9-14(12)17-5-1)16-18-15(19-20-16)13-7-10-3-4-11(13)6-10/h10-14,17H,1-9H2,(H,18,19,20). The van der Waals surface area contributed by atoms with E-state index in [4.69, 9.17) is 4.98 Å². The molecule has 2 bridgehead atoms. The lowest BCUT2D eigenvalue weighted by Gasteiger charge is -2.24. The second kappa shape index (κ2) is 4.70. The molecule has 2 saturated heterocycles. The first-order valence-electron chi connectivity index (χ1n) is 8.77. The fourth-order valence-electron chi connectivity index (χ4n) is 5.36. The van der Waals surface area contributed by atoms with Crippen LogP contribution in [-0.4, -0.2) is 40.9 Å². The molecule has 3 heterocycles. The predicted octanol–water partition coefficient (Wildman–Crippen LogP) is 1.90. The number of piperidine rings is 1. The quantitative estimate of drug-likeness (QED) is 0.872. The van der Waals surface area contributed by atoms with E-state index in [1.54, 1.807) is 0 Å². The molecule has 5 heteroatoms. The van der Waals surface area contributed by atoms with Gasteiger partial charge in [-0.25, -0.2) is 0 Å². The van der Waals surface area contributed by atoms with Crippen molar-refractivity contribution in [3.8, 4) is 0 Å². The van der Waals surface area contributed by atoms with Gasteiger partial charge < -0.3 is 10.2 Å². The van der Waals surface area contributed by atoms with E-state index in [9.17, 15) is 0 Å². The molecule has 1 aromatic heterocycles. The van der Waals surface area contributed by atoms with Crippen molar-refractivity contribution in [1.82, 2.24) is 20.5 Å². The average Bonchev–Trinajstić information content (AvgIpc) is 3.27. The Balaban J connectivity index is 1.32. The second-order valence-corrected chi connectivity index (χ2v) is 7.67. The molecule has 5 nitrogen and oxygen atoms in total. The molecule has 2 aliphatic heterocycles. The first-order valence-corrected chi connectivity index (χ1v) is 8.77. The third-order valence-corrected chi connectivity index (χ3v) is 6.46. The number of hydrogen-bond acceptors (Lipinski definition) is 4. The molecule has 4 fully saturated rings. The molecule has 2 aliphatic carbocycles. The molecule has 5 atom stereocenters. The molecule has 2 N–H and O–H groups in total. The minimum Gasteiger partial charge on any atom is -0.338 e. The van der Waals surface area contributed by atoms with E-state index >= 15 is 0 Å². The van der Waals surface area contributed by atoms with E-state index in [1.165, 1.54) is 50.9 Å². The van der Waals surface area contributed by atoms with Crippen LogP contribution in [0.25, 0.3) is 0 Å². The number of hydrogen-bond donors (Lipinski definition) is 2. The van der Waals surface area contributed by atoms with Crippen LogP contribution >= 0.6 is 0 Å². The maximum atomic E-state index is 4.88. The van der Waals surface area contributed by atoms with Gasteiger partial charge in [0, 0.05) is 25.0 Å².